The first-order valence-corrected chi connectivity index (χ1v) is 13.4. The average molecular weight is 525 g/mol. The lowest BCUT2D eigenvalue weighted by Crippen LogP contribution is -2.61. The van der Waals surface area contributed by atoms with Crippen molar-refractivity contribution in [3.05, 3.63) is 52.6 Å². The molecule has 4 rings (SSSR count). The van der Waals surface area contributed by atoms with Crippen LogP contribution in [0.3, 0.4) is 0 Å². The minimum atomic E-state index is -0.944. The van der Waals surface area contributed by atoms with Crippen molar-refractivity contribution in [2.24, 2.45) is 17.4 Å². The Balaban J connectivity index is 1.31. The molecule has 2 aliphatic rings. The van der Waals surface area contributed by atoms with Crippen LogP contribution in [-0.4, -0.2) is 87.0 Å². The predicted molar refractivity (Wildman–Crippen MR) is 147 cm³/mol. The molecule has 1 aromatic carbocycles. The molecule has 2 aromatic rings. The first-order valence-electron chi connectivity index (χ1n) is 13.4. The first-order chi connectivity index (χ1) is 18.0. The van der Waals surface area contributed by atoms with Crippen LogP contribution in [0.1, 0.15) is 39.2 Å². The summed E-state index contributed by atoms with van der Waals surface area (Å²) in [6, 6.07) is 9.39. The van der Waals surface area contributed by atoms with Crippen molar-refractivity contribution >= 4 is 17.8 Å². The molecule has 0 saturated carbocycles. The molecule has 0 radical (unpaired) electrons. The lowest BCUT2D eigenvalue weighted by Gasteiger charge is -2.39. The molecule has 11 heteroatoms. The summed E-state index contributed by atoms with van der Waals surface area (Å²) >= 11 is 0. The van der Waals surface area contributed by atoms with Crippen molar-refractivity contribution in [2.75, 3.05) is 44.6 Å². The molecule has 0 bridgehead atoms. The predicted octanol–water partition coefficient (Wildman–Crippen LogP) is 1.21. The van der Waals surface area contributed by atoms with E-state index in [0.29, 0.717) is 37.9 Å². The highest BCUT2D eigenvalue weighted by Gasteiger charge is 2.37. The van der Waals surface area contributed by atoms with Crippen LogP contribution in [-0.2, 0) is 11.3 Å². The van der Waals surface area contributed by atoms with E-state index in [4.69, 9.17) is 11.5 Å². The van der Waals surface area contributed by atoms with Crippen molar-refractivity contribution in [2.45, 2.75) is 51.7 Å². The molecule has 0 spiro atoms. The summed E-state index contributed by atoms with van der Waals surface area (Å²) in [7, 11) is 0. The van der Waals surface area contributed by atoms with Crippen LogP contribution in [0.5, 0.6) is 0 Å². The molecular formula is C27H40N8O3. The molecule has 3 heterocycles. The molecule has 206 valence electrons. The molecule has 3 amide bonds. The zero-order valence-corrected chi connectivity index (χ0v) is 22.6. The zero-order valence-electron chi connectivity index (χ0n) is 22.6. The van der Waals surface area contributed by atoms with E-state index in [-0.39, 0.29) is 23.7 Å². The van der Waals surface area contributed by atoms with E-state index in [1.54, 1.807) is 29.0 Å². The Kier molecular flexibility index (Phi) is 8.49. The number of piperazine rings is 1. The quantitative estimate of drug-likeness (QED) is 0.515. The van der Waals surface area contributed by atoms with Crippen molar-refractivity contribution in [1.82, 2.24) is 24.3 Å². The SMILES string of the molecule is CC(C)[C@](C)(N)C(=O)N1CCN(C(=O)Nc2ccn(-c3ccc(CN4CCC(N)CC4)cc3)c(=O)n2)CC1. The number of benzene rings is 1. The molecule has 1 atom stereocenters. The van der Waals surface area contributed by atoms with E-state index in [0.717, 1.165) is 32.5 Å². The summed E-state index contributed by atoms with van der Waals surface area (Å²) in [5, 5.41) is 2.70. The van der Waals surface area contributed by atoms with Crippen molar-refractivity contribution in [3.8, 4) is 5.69 Å². The van der Waals surface area contributed by atoms with Gasteiger partial charge in [0.25, 0.3) is 0 Å². The standard InChI is InChI=1S/C27H40N8O3/c1-19(2)27(3,29)24(36)33-14-16-34(17-15-33)25(37)30-23-10-13-35(26(38)31-23)22-6-4-20(5-7-22)18-32-11-8-21(28)9-12-32/h4-7,10,13,19,21H,8-9,11-12,14-18,28-29H2,1-3H3,(H,30,31,37,38)/t27-/m0/s1. The van der Waals surface area contributed by atoms with Crippen LogP contribution in [0.2, 0.25) is 0 Å². The number of carbonyl (C=O) groups is 2. The fraction of sp³-hybridized carbons (Fsp3) is 0.556. The van der Waals surface area contributed by atoms with Crippen LogP contribution in [0.4, 0.5) is 10.6 Å². The van der Waals surface area contributed by atoms with Gasteiger partial charge in [-0.3, -0.25) is 19.6 Å². The molecule has 38 heavy (non-hydrogen) atoms. The highest BCUT2D eigenvalue weighted by atomic mass is 16.2. The van der Waals surface area contributed by atoms with Crippen LogP contribution >= 0.6 is 0 Å². The van der Waals surface area contributed by atoms with Gasteiger partial charge in [-0.2, -0.15) is 4.98 Å². The molecule has 2 fully saturated rings. The van der Waals surface area contributed by atoms with Gasteiger partial charge in [-0.1, -0.05) is 26.0 Å². The number of nitrogens with two attached hydrogens (primary N) is 2. The molecular weight excluding hydrogens is 484 g/mol. The van der Waals surface area contributed by atoms with E-state index in [9.17, 15) is 14.4 Å². The minimum absolute atomic E-state index is 0.00181. The number of nitrogens with zero attached hydrogens (tertiary/aromatic N) is 5. The third-order valence-corrected chi connectivity index (χ3v) is 7.81. The Morgan fingerprint density at radius 2 is 1.63 bits per heavy atom. The molecule has 2 aliphatic heterocycles. The Morgan fingerprint density at radius 3 is 2.21 bits per heavy atom. The van der Waals surface area contributed by atoms with Crippen LogP contribution in [0.15, 0.2) is 41.3 Å². The van der Waals surface area contributed by atoms with Gasteiger partial charge >= 0.3 is 11.7 Å². The smallest absolute Gasteiger partial charge is 0.338 e. The number of amides is 3. The van der Waals surface area contributed by atoms with E-state index >= 15 is 0 Å². The van der Waals surface area contributed by atoms with E-state index in [1.165, 1.54) is 10.1 Å². The molecule has 0 unspecified atom stereocenters. The molecule has 5 N–H and O–H groups in total. The zero-order chi connectivity index (χ0) is 27.4. The van der Waals surface area contributed by atoms with Gasteiger partial charge in [-0.25, -0.2) is 9.59 Å². The van der Waals surface area contributed by atoms with Crippen LogP contribution in [0, 0.1) is 5.92 Å². The maximum atomic E-state index is 12.8. The third kappa shape index (κ3) is 6.40. The third-order valence-electron chi connectivity index (χ3n) is 7.81. The monoisotopic (exact) mass is 524 g/mol. The van der Waals surface area contributed by atoms with Gasteiger partial charge in [0.05, 0.1) is 11.2 Å². The molecule has 0 aliphatic carbocycles. The molecule has 1 aromatic heterocycles. The lowest BCUT2D eigenvalue weighted by atomic mass is 9.88. The number of hydrogen-bond acceptors (Lipinski definition) is 7. The largest absolute Gasteiger partial charge is 0.354 e. The molecule has 2 saturated heterocycles. The van der Waals surface area contributed by atoms with Crippen molar-refractivity contribution in [3.63, 3.8) is 0 Å². The van der Waals surface area contributed by atoms with Gasteiger partial charge < -0.3 is 21.3 Å². The van der Waals surface area contributed by atoms with Gasteiger partial charge in [0, 0.05) is 45.0 Å². The second-order valence-electron chi connectivity index (χ2n) is 10.9. The second-order valence-corrected chi connectivity index (χ2v) is 10.9. The Morgan fingerprint density at radius 1 is 1.03 bits per heavy atom. The Labute approximate surface area is 223 Å². The second kappa shape index (κ2) is 11.6. The Bertz CT molecular complexity index is 1180. The number of anilines is 1. The maximum absolute atomic E-state index is 12.8. The summed E-state index contributed by atoms with van der Waals surface area (Å²) in [5.41, 5.74) is 12.7. The van der Waals surface area contributed by atoms with Crippen molar-refractivity contribution in [1.29, 1.82) is 0 Å². The fourth-order valence-corrected chi connectivity index (χ4v) is 4.69. The number of piperidine rings is 1. The number of urea groups is 1. The van der Waals surface area contributed by atoms with Gasteiger partial charge in [-0.15, -0.1) is 0 Å². The number of aromatic nitrogens is 2. The number of carbonyl (C=O) groups excluding carboxylic acids is 2. The van der Waals surface area contributed by atoms with E-state index < -0.39 is 11.2 Å². The average Bonchev–Trinajstić information content (AvgIpc) is 2.90. The van der Waals surface area contributed by atoms with Gasteiger partial charge in [0.2, 0.25) is 5.91 Å². The minimum Gasteiger partial charge on any atom is -0.338 e. The van der Waals surface area contributed by atoms with Crippen LogP contribution < -0.4 is 22.5 Å². The van der Waals surface area contributed by atoms with Gasteiger partial charge in [-0.05, 0) is 62.5 Å². The summed E-state index contributed by atoms with van der Waals surface area (Å²) < 4.78 is 1.45. The van der Waals surface area contributed by atoms with Crippen LogP contribution in [0.25, 0.3) is 5.69 Å². The summed E-state index contributed by atoms with van der Waals surface area (Å²) in [5.74, 6) is 0.0769. The molecule has 11 nitrogen and oxygen atoms in total. The lowest BCUT2D eigenvalue weighted by molar-refractivity contribution is -0.139. The number of rotatable bonds is 6. The summed E-state index contributed by atoms with van der Waals surface area (Å²) in [6.45, 7) is 10.00. The van der Waals surface area contributed by atoms with Gasteiger partial charge in [0.15, 0.2) is 0 Å². The number of hydrogen-bond donors (Lipinski definition) is 3. The summed E-state index contributed by atoms with van der Waals surface area (Å²) in [6.07, 6.45) is 3.64. The topological polar surface area (TPSA) is 143 Å². The maximum Gasteiger partial charge on any atom is 0.354 e. The normalized spacial score (nSPS) is 18.9. The van der Waals surface area contributed by atoms with Crippen molar-refractivity contribution < 1.29 is 9.59 Å². The first kappa shape index (κ1) is 27.7. The highest BCUT2D eigenvalue weighted by molar-refractivity contribution is 5.89. The number of nitrogens with one attached hydrogen (secondary N) is 1. The fourth-order valence-electron chi connectivity index (χ4n) is 4.69. The Hall–Kier alpha value is -3.28. The highest BCUT2D eigenvalue weighted by Crippen LogP contribution is 2.18. The number of likely N-dealkylation sites (tertiary alicyclic amines) is 1. The van der Waals surface area contributed by atoms with Gasteiger partial charge in [0.1, 0.15) is 5.82 Å². The van der Waals surface area contributed by atoms with E-state index in [2.05, 4.69) is 15.2 Å². The van der Waals surface area contributed by atoms with E-state index in [1.807, 2.05) is 38.1 Å². The summed E-state index contributed by atoms with van der Waals surface area (Å²) in [4.78, 5) is 48.0.